The molecule has 160 valence electrons. The molecule has 1 fully saturated rings. The van der Waals surface area contributed by atoms with Crippen LogP contribution in [0.5, 0.6) is 5.75 Å². The van der Waals surface area contributed by atoms with E-state index in [1.807, 2.05) is 47.4 Å². The van der Waals surface area contributed by atoms with Crippen molar-refractivity contribution in [2.75, 3.05) is 26.4 Å². The third-order valence-corrected chi connectivity index (χ3v) is 6.14. The van der Waals surface area contributed by atoms with E-state index in [1.165, 1.54) is 0 Å². The Morgan fingerprint density at radius 1 is 1.20 bits per heavy atom. The molecular weight excluding hydrogens is 400 g/mol. The minimum Gasteiger partial charge on any atom is -0.467 e. The largest absolute Gasteiger partial charge is 0.467 e. The summed E-state index contributed by atoms with van der Waals surface area (Å²) in [5.74, 6) is 1.05. The van der Waals surface area contributed by atoms with Gasteiger partial charge in [0.25, 0.3) is 5.91 Å². The van der Waals surface area contributed by atoms with Crippen molar-refractivity contribution in [3.8, 4) is 5.75 Å². The Kier molecular flexibility index (Phi) is 6.93. The smallest absolute Gasteiger partial charge is 0.253 e. The maximum atomic E-state index is 12.8. The topological polar surface area (TPSA) is 42.0 Å². The van der Waals surface area contributed by atoms with Gasteiger partial charge in [-0.25, -0.2) is 0 Å². The van der Waals surface area contributed by atoms with Crippen molar-refractivity contribution in [3.05, 3.63) is 64.2 Å². The Bertz CT molecular complexity index is 866. The molecule has 5 nitrogen and oxygen atoms in total. The van der Waals surface area contributed by atoms with Crippen LogP contribution in [0.25, 0.3) is 0 Å². The minimum absolute atomic E-state index is 0.133. The highest BCUT2D eigenvalue weighted by atomic mass is 35.5. The van der Waals surface area contributed by atoms with Crippen molar-refractivity contribution in [1.82, 2.24) is 9.80 Å². The standard InChI is InChI=1S/C24H29ClN2O3/c1-2-10-27(15-19-13-21(25)14-20-16-29-17-30-23(19)20)22-8-11-26(12-9-22)24(28)18-6-4-3-5-7-18/h3-7,13-14,22H,2,8-12,15-17H2,1H3. The molecule has 0 aliphatic carbocycles. The number of hydrogen-bond donors (Lipinski definition) is 0. The highest BCUT2D eigenvalue weighted by Crippen LogP contribution is 2.33. The van der Waals surface area contributed by atoms with Crippen LogP contribution >= 0.6 is 11.6 Å². The summed E-state index contributed by atoms with van der Waals surface area (Å²) in [6, 6.07) is 14.0. The van der Waals surface area contributed by atoms with Crippen LogP contribution < -0.4 is 4.74 Å². The fourth-order valence-corrected chi connectivity index (χ4v) is 4.73. The van der Waals surface area contributed by atoms with Crippen molar-refractivity contribution in [3.63, 3.8) is 0 Å². The monoisotopic (exact) mass is 428 g/mol. The lowest BCUT2D eigenvalue weighted by Crippen LogP contribution is -2.46. The summed E-state index contributed by atoms with van der Waals surface area (Å²) in [7, 11) is 0. The molecule has 0 unspecified atom stereocenters. The summed E-state index contributed by atoms with van der Waals surface area (Å²) in [6.07, 6.45) is 3.03. The van der Waals surface area contributed by atoms with E-state index < -0.39 is 0 Å². The van der Waals surface area contributed by atoms with Gasteiger partial charge in [0, 0.05) is 47.4 Å². The normalized spacial score (nSPS) is 17.0. The molecule has 1 saturated heterocycles. The molecule has 2 aliphatic rings. The molecule has 0 aromatic heterocycles. The second-order valence-electron chi connectivity index (χ2n) is 8.02. The average Bonchev–Trinajstić information content (AvgIpc) is 2.79. The Balaban J connectivity index is 1.44. The lowest BCUT2D eigenvalue weighted by atomic mass is 10.00. The maximum absolute atomic E-state index is 12.8. The van der Waals surface area contributed by atoms with Gasteiger partial charge in [0.15, 0.2) is 6.79 Å². The molecule has 4 rings (SSSR count). The number of likely N-dealkylation sites (tertiary alicyclic amines) is 1. The van der Waals surface area contributed by atoms with E-state index in [9.17, 15) is 4.79 Å². The lowest BCUT2D eigenvalue weighted by Gasteiger charge is -2.39. The molecule has 2 aliphatic heterocycles. The molecule has 30 heavy (non-hydrogen) atoms. The van der Waals surface area contributed by atoms with Crippen molar-refractivity contribution in [1.29, 1.82) is 0 Å². The van der Waals surface area contributed by atoms with Gasteiger partial charge < -0.3 is 14.4 Å². The van der Waals surface area contributed by atoms with Gasteiger partial charge in [-0.3, -0.25) is 9.69 Å². The molecular formula is C24H29ClN2O3. The molecule has 6 heteroatoms. The van der Waals surface area contributed by atoms with Gasteiger partial charge in [0.1, 0.15) is 5.75 Å². The van der Waals surface area contributed by atoms with Gasteiger partial charge in [-0.05, 0) is 50.1 Å². The third kappa shape index (κ3) is 4.80. The van der Waals surface area contributed by atoms with Crippen molar-refractivity contribution >= 4 is 17.5 Å². The molecule has 0 bridgehead atoms. The van der Waals surface area contributed by atoms with E-state index in [-0.39, 0.29) is 12.7 Å². The number of amides is 1. The van der Waals surface area contributed by atoms with Gasteiger partial charge >= 0.3 is 0 Å². The van der Waals surface area contributed by atoms with E-state index >= 15 is 0 Å². The van der Waals surface area contributed by atoms with E-state index in [0.29, 0.717) is 12.6 Å². The minimum atomic E-state index is 0.133. The SMILES string of the molecule is CCCN(Cc1cc(Cl)cc2c1OCOC2)C1CCN(C(=O)c2ccccc2)CC1. The number of nitrogens with zero attached hydrogens (tertiary/aromatic N) is 2. The summed E-state index contributed by atoms with van der Waals surface area (Å²) >= 11 is 6.37. The van der Waals surface area contributed by atoms with Gasteiger partial charge in [-0.1, -0.05) is 36.7 Å². The van der Waals surface area contributed by atoms with Crippen LogP contribution in [0.3, 0.4) is 0 Å². The molecule has 0 atom stereocenters. The molecule has 2 heterocycles. The molecule has 0 N–H and O–H groups in total. The van der Waals surface area contributed by atoms with Gasteiger partial charge in [-0.2, -0.15) is 0 Å². The molecule has 0 radical (unpaired) electrons. The van der Waals surface area contributed by atoms with Gasteiger partial charge in [0.2, 0.25) is 0 Å². The van der Waals surface area contributed by atoms with Crippen molar-refractivity contribution < 1.29 is 14.3 Å². The predicted molar refractivity (Wildman–Crippen MR) is 118 cm³/mol. The van der Waals surface area contributed by atoms with Crippen LogP contribution in [-0.2, 0) is 17.9 Å². The van der Waals surface area contributed by atoms with Crippen LogP contribution in [0.2, 0.25) is 5.02 Å². The first-order valence-corrected chi connectivity index (χ1v) is 11.1. The van der Waals surface area contributed by atoms with Crippen LogP contribution in [0, 0.1) is 0 Å². The summed E-state index contributed by atoms with van der Waals surface area (Å²) < 4.78 is 11.2. The number of ether oxygens (including phenoxy) is 2. The number of fused-ring (bicyclic) bond motifs is 1. The van der Waals surface area contributed by atoms with Crippen LogP contribution in [0.4, 0.5) is 0 Å². The van der Waals surface area contributed by atoms with E-state index in [2.05, 4.69) is 11.8 Å². The zero-order chi connectivity index (χ0) is 20.9. The highest BCUT2D eigenvalue weighted by Gasteiger charge is 2.28. The zero-order valence-corrected chi connectivity index (χ0v) is 18.2. The third-order valence-electron chi connectivity index (χ3n) is 5.92. The van der Waals surface area contributed by atoms with E-state index in [1.54, 1.807) is 0 Å². The van der Waals surface area contributed by atoms with Crippen LogP contribution in [-0.4, -0.2) is 48.2 Å². The molecule has 2 aromatic carbocycles. The fourth-order valence-electron chi connectivity index (χ4n) is 4.47. The first kappa shape index (κ1) is 21.2. The number of halogens is 1. The summed E-state index contributed by atoms with van der Waals surface area (Å²) in [6.45, 7) is 6.42. The Morgan fingerprint density at radius 3 is 2.70 bits per heavy atom. The van der Waals surface area contributed by atoms with Crippen LogP contribution in [0.1, 0.15) is 47.7 Å². The summed E-state index contributed by atoms with van der Waals surface area (Å²) in [5.41, 5.74) is 2.91. The summed E-state index contributed by atoms with van der Waals surface area (Å²) in [4.78, 5) is 17.3. The Hall–Kier alpha value is -2.08. The highest BCUT2D eigenvalue weighted by molar-refractivity contribution is 6.30. The van der Waals surface area contributed by atoms with Gasteiger partial charge in [0.05, 0.1) is 6.61 Å². The van der Waals surface area contributed by atoms with Crippen LogP contribution in [0.15, 0.2) is 42.5 Å². The predicted octanol–water partition coefficient (Wildman–Crippen LogP) is 4.72. The van der Waals surface area contributed by atoms with Crippen molar-refractivity contribution in [2.24, 2.45) is 0 Å². The number of piperidine rings is 1. The second-order valence-corrected chi connectivity index (χ2v) is 8.46. The van der Waals surface area contributed by atoms with E-state index in [4.69, 9.17) is 21.1 Å². The summed E-state index contributed by atoms with van der Waals surface area (Å²) in [5, 5.41) is 0.720. The molecule has 1 amide bonds. The number of benzene rings is 2. The van der Waals surface area contributed by atoms with E-state index in [0.717, 1.165) is 72.9 Å². The lowest BCUT2D eigenvalue weighted by molar-refractivity contribution is -0.0177. The first-order chi connectivity index (χ1) is 14.7. The fraction of sp³-hybridized carbons (Fsp3) is 0.458. The maximum Gasteiger partial charge on any atom is 0.253 e. The first-order valence-electron chi connectivity index (χ1n) is 10.8. The second kappa shape index (κ2) is 9.82. The zero-order valence-electron chi connectivity index (χ0n) is 17.5. The average molecular weight is 429 g/mol. The number of carbonyl (C=O) groups excluding carboxylic acids is 1. The quantitative estimate of drug-likeness (QED) is 0.667. The molecule has 0 saturated carbocycles. The van der Waals surface area contributed by atoms with Crippen molar-refractivity contribution in [2.45, 2.75) is 45.4 Å². The Labute approximate surface area is 183 Å². The number of carbonyl (C=O) groups is 1. The molecule has 0 spiro atoms. The van der Waals surface area contributed by atoms with Gasteiger partial charge in [-0.15, -0.1) is 0 Å². The number of hydrogen-bond acceptors (Lipinski definition) is 4. The Morgan fingerprint density at radius 2 is 1.97 bits per heavy atom. The number of rotatable bonds is 6. The molecule has 2 aromatic rings.